The smallest absolute Gasteiger partial charge is 0.270 e. The summed E-state index contributed by atoms with van der Waals surface area (Å²) in [5.41, 5.74) is 3.78. The molecule has 0 radical (unpaired) electrons. The molecule has 0 spiro atoms. The van der Waals surface area contributed by atoms with Gasteiger partial charge >= 0.3 is 0 Å². The molecule has 1 N–H and O–H groups in total. The second-order valence-electron chi connectivity index (χ2n) is 9.21. The number of anilines is 1. The number of nitro benzene ring substituents is 1. The zero-order valence-electron chi connectivity index (χ0n) is 20.7. The van der Waals surface area contributed by atoms with Crippen LogP contribution in [0.1, 0.15) is 71.6 Å². The molecule has 1 aliphatic heterocycles. The first kappa shape index (κ1) is 27.1. The number of carbonyl (C=O) groups excluding carboxylic acids is 1. The number of nitro groups is 1. The van der Waals surface area contributed by atoms with Crippen LogP contribution in [0.3, 0.4) is 0 Å². The van der Waals surface area contributed by atoms with Crippen molar-refractivity contribution in [3.8, 4) is 0 Å². The highest BCUT2D eigenvalue weighted by molar-refractivity contribution is 7.89. The van der Waals surface area contributed by atoms with E-state index in [2.05, 4.69) is 10.5 Å². The Kier molecular flexibility index (Phi) is 9.62. The van der Waals surface area contributed by atoms with E-state index in [1.165, 1.54) is 22.9 Å². The van der Waals surface area contributed by atoms with E-state index in [1.54, 1.807) is 4.90 Å². The van der Waals surface area contributed by atoms with Gasteiger partial charge in [0.05, 0.1) is 16.5 Å². The number of rotatable bonds is 8. The Morgan fingerprint density at radius 2 is 1.80 bits per heavy atom. The normalized spacial score (nSPS) is 19.9. The summed E-state index contributed by atoms with van der Waals surface area (Å²) in [6, 6.07) is 3.77. The lowest BCUT2D eigenvalue weighted by Gasteiger charge is -2.34. The largest absolute Gasteiger partial charge is 0.343 e. The number of piperidine rings is 1. The Bertz CT molecular complexity index is 1030. The molecule has 35 heavy (non-hydrogen) atoms. The van der Waals surface area contributed by atoms with Gasteiger partial charge in [-0.2, -0.15) is 9.41 Å². The molecule has 1 amide bonds. The van der Waals surface area contributed by atoms with Gasteiger partial charge in [-0.15, -0.1) is 0 Å². The predicted molar refractivity (Wildman–Crippen MR) is 136 cm³/mol. The highest BCUT2D eigenvalue weighted by atomic mass is 32.2. The number of hydrogen-bond donors (Lipinski definition) is 1. The van der Waals surface area contributed by atoms with Gasteiger partial charge in [0.2, 0.25) is 15.9 Å². The van der Waals surface area contributed by atoms with E-state index in [-0.39, 0.29) is 35.3 Å². The molecule has 11 heteroatoms. The van der Waals surface area contributed by atoms with Crippen LogP contribution in [-0.4, -0.2) is 60.3 Å². The lowest BCUT2D eigenvalue weighted by atomic mass is 9.98. The van der Waals surface area contributed by atoms with E-state index < -0.39 is 20.9 Å². The van der Waals surface area contributed by atoms with Gasteiger partial charge in [0, 0.05) is 44.0 Å². The summed E-state index contributed by atoms with van der Waals surface area (Å²) in [6.45, 7) is 5.26. The Balaban J connectivity index is 1.89. The monoisotopic (exact) mass is 507 g/mol. The van der Waals surface area contributed by atoms with Crippen molar-refractivity contribution in [1.29, 1.82) is 0 Å². The summed E-state index contributed by atoms with van der Waals surface area (Å²) in [5.74, 6) is -0.480. The van der Waals surface area contributed by atoms with Crippen LogP contribution in [0, 0.1) is 16.0 Å². The molecule has 10 nitrogen and oxygen atoms in total. The molecule has 0 bridgehead atoms. The van der Waals surface area contributed by atoms with E-state index >= 15 is 0 Å². The summed E-state index contributed by atoms with van der Waals surface area (Å²) in [7, 11) is -4.09. The van der Waals surface area contributed by atoms with E-state index in [0.29, 0.717) is 25.9 Å². The third kappa shape index (κ3) is 6.78. The van der Waals surface area contributed by atoms with Crippen molar-refractivity contribution in [2.45, 2.75) is 76.5 Å². The van der Waals surface area contributed by atoms with E-state index in [4.69, 9.17) is 0 Å². The fourth-order valence-electron chi connectivity index (χ4n) is 4.79. The standard InChI is InChI=1S/C24H37N5O5S/c1-3-27(4-2)24(30)19-11-10-16-28(18-19)35(33,34)23-17-21(29(31)32)14-15-22(23)26-25-20-12-8-6-5-7-9-13-20/h14-15,17,19,26H,3-13,16,18H2,1-2H3/t19-/m1/s1. The molecule has 0 aromatic heterocycles. The molecule has 1 aromatic carbocycles. The number of sulfonamides is 1. The van der Waals surface area contributed by atoms with Crippen LogP contribution in [0.5, 0.6) is 0 Å². The van der Waals surface area contributed by atoms with Gasteiger partial charge in [-0.3, -0.25) is 20.3 Å². The first-order chi connectivity index (χ1) is 16.8. The van der Waals surface area contributed by atoms with Crippen LogP contribution >= 0.6 is 0 Å². The maximum atomic E-state index is 13.7. The quantitative estimate of drug-likeness (QED) is 0.411. The summed E-state index contributed by atoms with van der Waals surface area (Å²) < 4.78 is 28.7. The summed E-state index contributed by atoms with van der Waals surface area (Å²) in [4.78, 5) is 25.2. The summed E-state index contributed by atoms with van der Waals surface area (Å²) in [5, 5.41) is 15.9. The van der Waals surface area contributed by atoms with Gasteiger partial charge in [0.1, 0.15) is 4.90 Å². The first-order valence-corrected chi connectivity index (χ1v) is 14.1. The average molecular weight is 508 g/mol. The van der Waals surface area contributed by atoms with Crippen molar-refractivity contribution in [3.63, 3.8) is 0 Å². The number of benzene rings is 1. The SMILES string of the molecule is CCN(CC)C(=O)[C@@H]1CCCN(S(=O)(=O)c2cc([N+](=O)[O-])ccc2NN=C2CCCCCCC2)C1. The molecule has 1 saturated carbocycles. The molecule has 1 atom stereocenters. The van der Waals surface area contributed by atoms with Gasteiger partial charge in [-0.05, 0) is 58.4 Å². The van der Waals surface area contributed by atoms with Crippen LogP contribution in [0.25, 0.3) is 0 Å². The zero-order chi connectivity index (χ0) is 25.4. The second-order valence-corrected chi connectivity index (χ2v) is 11.1. The summed E-state index contributed by atoms with van der Waals surface area (Å²) >= 11 is 0. The zero-order valence-corrected chi connectivity index (χ0v) is 21.6. The fourth-order valence-corrected chi connectivity index (χ4v) is 6.47. The fraction of sp³-hybridized carbons (Fsp3) is 0.667. The summed E-state index contributed by atoms with van der Waals surface area (Å²) in [6.07, 6.45) is 8.48. The number of nitrogens with zero attached hydrogens (tertiary/aromatic N) is 4. The molecule has 1 aromatic rings. The molecule has 194 valence electrons. The van der Waals surface area contributed by atoms with Crippen molar-refractivity contribution in [2.75, 3.05) is 31.6 Å². The minimum atomic E-state index is -4.09. The number of hydrogen-bond acceptors (Lipinski definition) is 7. The number of hydrazone groups is 1. The van der Waals surface area contributed by atoms with Crippen LogP contribution in [0.2, 0.25) is 0 Å². The van der Waals surface area contributed by atoms with E-state index in [9.17, 15) is 23.3 Å². The highest BCUT2D eigenvalue weighted by Gasteiger charge is 2.36. The molecule has 1 heterocycles. The first-order valence-electron chi connectivity index (χ1n) is 12.7. The van der Waals surface area contributed by atoms with Gasteiger partial charge in [0.25, 0.3) is 5.69 Å². The molecule has 2 aliphatic rings. The lowest BCUT2D eigenvalue weighted by molar-refractivity contribution is -0.385. The molecule has 2 fully saturated rings. The number of carbonyl (C=O) groups is 1. The number of nitrogens with one attached hydrogen (secondary N) is 1. The van der Waals surface area contributed by atoms with Crippen LogP contribution < -0.4 is 5.43 Å². The maximum Gasteiger partial charge on any atom is 0.270 e. The predicted octanol–water partition coefficient (Wildman–Crippen LogP) is 4.38. The van der Waals surface area contributed by atoms with E-state index in [0.717, 1.165) is 50.3 Å². The molecular weight excluding hydrogens is 470 g/mol. The lowest BCUT2D eigenvalue weighted by Crippen LogP contribution is -2.46. The van der Waals surface area contributed by atoms with Crippen molar-refractivity contribution < 1.29 is 18.1 Å². The third-order valence-corrected chi connectivity index (χ3v) is 8.77. The Morgan fingerprint density at radius 1 is 1.14 bits per heavy atom. The molecule has 1 saturated heterocycles. The van der Waals surface area contributed by atoms with Gasteiger partial charge < -0.3 is 4.90 Å². The second kappa shape index (κ2) is 12.4. The molecule has 1 aliphatic carbocycles. The molecule has 3 rings (SSSR count). The van der Waals surface area contributed by atoms with Crippen LogP contribution in [-0.2, 0) is 14.8 Å². The Labute approximate surface area is 207 Å². The minimum Gasteiger partial charge on any atom is -0.343 e. The molecule has 0 unspecified atom stereocenters. The van der Waals surface area contributed by atoms with Crippen molar-refractivity contribution in [2.24, 2.45) is 11.0 Å². The van der Waals surface area contributed by atoms with Crippen molar-refractivity contribution in [3.05, 3.63) is 28.3 Å². The van der Waals surface area contributed by atoms with E-state index in [1.807, 2.05) is 13.8 Å². The number of amides is 1. The van der Waals surface area contributed by atoms with Crippen molar-refractivity contribution in [1.82, 2.24) is 9.21 Å². The third-order valence-electron chi connectivity index (χ3n) is 6.87. The highest BCUT2D eigenvalue weighted by Crippen LogP contribution is 2.32. The Hall–Kier alpha value is -2.53. The van der Waals surface area contributed by atoms with Gasteiger partial charge in [-0.1, -0.05) is 19.3 Å². The topological polar surface area (TPSA) is 125 Å². The van der Waals surface area contributed by atoms with Crippen LogP contribution in [0.4, 0.5) is 11.4 Å². The van der Waals surface area contributed by atoms with Crippen molar-refractivity contribution >= 4 is 33.0 Å². The Morgan fingerprint density at radius 3 is 2.43 bits per heavy atom. The average Bonchev–Trinajstić information content (AvgIpc) is 2.84. The minimum absolute atomic E-state index is 0.0528. The molecular formula is C24H37N5O5S. The van der Waals surface area contributed by atoms with Gasteiger partial charge in [-0.25, -0.2) is 8.42 Å². The number of non-ortho nitro benzene ring substituents is 1. The maximum absolute atomic E-state index is 13.7. The van der Waals surface area contributed by atoms with Gasteiger partial charge in [0.15, 0.2) is 0 Å². The van der Waals surface area contributed by atoms with Crippen LogP contribution in [0.15, 0.2) is 28.2 Å².